The molecular formula is C22H26N4O7. The predicted octanol–water partition coefficient (Wildman–Crippen LogP) is 3.11. The number of anilines is 1. The minimum absolute atomic E-state index is 0.104. The topological polar surface area (TPSA) is 106 Å². The molecule has 0 aliphatic heterocycles. The van der Waals surface area contributed by atoms with E-state index < -0.39 is 6.09 Å². The fourth-order valence-electron chi connectivity index (χ4n) is 3.16. The van der Waals surface area contributed by atoms with Crippen molar-refractivity contribution in [2.75, 3.05) is 53.8 Å². The normalized spacial score (nSPS) is 10.6. The van der Waals surface area contributed by atoms with Crippen molar-refractivity contribution in [1.82, 2.24) is 15.0 Å². The lowest BCUT2D eigenvalue weighted by Gasteiger charge is -2.20. The molecule has 0 aliphatic carbocycles. The minimum atomic E-state index is -0.664. The zero-order valence-electron chi connectivity index (χ0n) is 19.1. The van der Waals surface area contributed by atoms with Crippen LogP contribution in [0.1, 0.15) is 0 Å². The van der Waals surface area contributed by atoms with Gasteiger partial charge in [0, 0.05) is 24.8 Å². The lowest BCUT2D eigenvalue weighted by atomic mass is 10.1. The van der Waals surface area contributed by atoms with E-state index in [1.54, 1.807) is 41.2 Å². The van der Waals surface area contributed by atoms with E-state index >= 15 is 0 Å². The SMILES string of the molecule is COCCOC(=O)N(OC)c1cccc(-c2cnnn2-c2cc(OC)c(OC)c(OC)c2)c1. The van der Waals surface area contributed by atoms with Gasteiger partial charge in [0.05, 0.1) is 58.3 Å². The van der Waals surface area contributed by atoms with Crippen molar-refractivity contribution < 1.29 is 33.3 Å². The Hall–Kier alpha value is -3.83. The van der Waals surface area contributed by atoms with Gasteiger partial charge in [0.25, 0.3) is 0 Å². The van der Waals surface area contributed by atoms with Gasteiger partial charge in [-0.3, -0.25) is 4.84 Å². The van der Waals surface area contributed by atoms with Gasteiger partial charge in [-0.1, -0.05) is 17.3 Å². The summed E-state index contributed by atoms with van der Waals surface area (Å²) in [6.45, 7) is 0.385. The third kappa shape index (κ3) is 5.16. The zero-order chi connectivity index (χ0) is 23.8. The highest BCUT2D eigenvalue weighted by Gasteiger charge is 2.20. The van der Waals surface area contributed by atoms with E-state index in [-0.39, 0.29) is 13.2 Å². The third-order valence-electron chi connectivity index (χ3n) is 4.68. The first-order valence-electron chi connectivity index (χ1n) is 9.89. The second-order valence-corrected chi connectivity index (χ2v) is 6.55. The van der Waals surface area contributed by atoms with E-state index in [2.05, 4.69) is 10.3 Å². The van der Waals surface area contributed by atoms with Crippen molar-refractivity contribution in [3.8, 4) is 34.2 Å². The molecule has 0 aliphatic rings. The molecule has 1 heterocycles. The predicted molar refractivity (Wildman–Crippen MR) is 119 cm³/mol. The van der Waals surface area contributed by atoms with E-state index in [0.29, 0.717) is 34.3 Å². The highest BCUT2D eigenvalue weighted by molar-refractivity contribution is 5.86. The van der Waals surface area contributed by atoms with Crippen LogP contribution in [0.25, 0.3) is 16.9 Å². The van der Waals surface area contributed by atoms with Crippen LogP contribution >= 0.6 is 0 Å². The Morgan fingerprint density at radius 3 is 2.30 bits per heavy atom. The van der Waals surface area contributed by atoms with Gasteiger partial charge < -0.3 is 23.7 Å². The second kappa shape index (κ2) is 11.2. The summed E-state index contributed by atoms with van der Waals surface area (Å²) in [6, 6.07) is 10.6. The van der Waals surface area contributed by atoms with Crippen LogP contribution in [-0.4, -0.2) is 69.8 Å². The Kier molecular flexibility index (Phi) is 8.06. The van der Waals surface area contributed by atoms with Gasteiger partial charge in [0.2, 0.25) is 5.75 Å². The summed E-state index contributed by atoms with van der Waals surface area (Å²) in [7, 11) is 7.52. The highest BCUT2D eigenvalue weighted by atomic mass is 16.7. The molecular weight excluding hydrogens is 432 g/mol. The number of hydrogen-bond donors (Lipinski definition) is 0. The fraction of sp³-hybridized carbons (Fsp3) is 0.318. The number of carbonyl (C=O) groups excluding carboxylic acids is 1. The molecule has 0 bridgehead atoms. The first kappa shape index (κ1) is 23.8. The van der Waals surface area contributed by atoms with Crippen LogP contribution in [0, 0.1) is 0 Å². The Morgan fingerprint density at radius 1 is 0.970 bits per heavy atom. The van der Waals surface area contributed by atoms with E-state index in [4.69, 9.17) is 28.5 Å². The summed E-state index contributed by atoms with van der Waals surface area (Å²) in [5.41, 5.74) is 2.51. The fourth-order valence-corrected chi connectivity index (χ4v) is 3.16. The lowest BCUT2D eigenvalue weighted by Crippen LogP contribution is -2.31. The molecule has 0 saturated carbocycles. The number of amides is 1. The first-order valence-corrected chi connectivity index (χ1v) is 9.89. The number of rotatable bonds is 10. The number of carbonyl (C=O) groups is 1. The summed E-state index contributed by atoms with van der Waals surface area (Å²) in [6.07, 6.45) is 0.944. The summed E-state index contributed by atoms with van der Waals surface area (Å²) < 4.78 is 28.0. The number of benzene rings is 2. The van der Waals surface area contributed by atoms with Crippen molar-refractivity contribution in [3.63, 3.8) is 0 Å². The maximum absolute atomic E-state index is 12.4. The smallest absolute Gasteiger partial charge is 0.438 e. The molecule has 3 aromatic rings. The van der Waals surface area contributed by atoms with Crippen molar-refractivity contribution in [2.24, 2.45) is 0 Å². The largest absolute Gasteiger partial charge is 0.493 e. The molecule has 1 aromatic heterocycles. The monoisotopic (exact) mass is 458 g/mol. The maximum Gasteiger partial charge on any atom is 0.438 e. The minimum Gasteiger partial charge on any atom is -0.493 e. The Labute approximate surface area is 191 Å². The molecule has 0 saturated heterocycles. The molecule has 0 spiro atoms. The first-order chi connectivity index (χ1) is 16.1. The molecule has 33 heavy (non-hydrogen) atoms. The Bertz CT molecular complexity index is 1060. The van der Waals surface area contributed by atoms with Crippen LogP contribution in [0.5, 0.6) is 17.2 Å². The van der Waals surface area contributed by atoms with E-state index in [1.807, 2.05) is 6.07 Å². The van der Waals surface area contributed by atoms with E-state index in [0.717, 1.165) is 10.6 Å². The number of aromatic nitrogens is 3. The highest BCUT2D eigenvalue weighted by Crippen LogP contribution is 2.40. The van der Waals surface area contributed by atoms with Crippen LogP contribution < -0.4 is 19.3 Å². The molecule has 11 heteroatoms. The van der Waals surface area contributed by atoms with Crippen molar-refractivity contribution in [3.05, 3.63) is 42.6 Å². The molecule has 3 rings (SSSR count). The maximum atomic E-state index is 12.4. The standard InChI is InChI=1S/C22H26N4O7/c1-28-9-10-33-22(27)26(32-5)16-8-6-7-15(11-16)18-14-23-24-25(18)17-12-19(29-2)21(31-4)20(13-17)30-3/h6-8,11-14H,9-10H2,1-5H3. The number of ether oxygens (including phenoxy) is 5. The van der Waals surface area contributed by atoms with Gasteiger partial charge in [-0.25, -0.2) is 9.48 Å². The van der Waals surface area contributed by atoms with Crippen LogP contribution in [0.15, 0.2) is 42.6 Å². The van der Waals surface area contributed by atoms with Crippen LogP contribution in [0.4, 0.5) is 10.5 Å². The van der Waals surface area contributed by atoms with E-state index in [1.165, 1.54) is 35.5 Å². The lowest BCUT2D eigenvalue weighted by molar-refractivity contribution is 0.0747. The third-order valence-corrected chi connectivity index (χ3v) is 4.68. The molecule has 0 N–H and O–H groups in total. The summed E-state index contributed by atoms with van der Waals surface area (Å²) in [4.78, 5) is 17.6. The van der Waals surface area contributed by atoms with Gasteiger partial charge in [0.1, 0.15) is 6.61 Å². The molecule has 0 atom stereocenters. The molecule has 176 valence electrons. The quantitative estimate of drug-likeness (QED) is 0.335. The van der Waals surface area contributed by atoms with Gasteiger partial charge in [-0.05, 0) is 12.1 Å². The van der Waals surface area contributed by atoms with Crippen LogP contribution in [-0.2, 0) is 14.3 Å². The molecule has 0 radical (unpaired) electrons. The molecule has 1 amide bonds. The number of hydrogen-bond acceptors (Lipinski definition) is 9. The van der Waals surface area contributed by atoms with Gasteiger partial charge in [-0.15, -0.1) is 5.10 Å². The average Bonchev–Trinajstić information content (AvgIpc) is 3.34. The van der Waals surface area contributed by atoms with Gasteiger partial charge in [0.15, 0.2) is 11.5 Å². The second-order valence-electron chi connectivity index (χ2n) is 6.55. The van der Waals surface area contributed by atoms with Gasteiger partial charge >= 0.3 is 6.09 Å². The molecule has 0 unspecified atom stereocenters. The summed E-state index contributed by atoms with van der Waals surface area (Å²) in [5, 5.41) is 9.32. The average molecular weight is 458 g/mol. The van der Waals surface area contributed by atoms with Crippen LogP contribution in [0.3, 0.4) is 0 Å². The van der Waals surface area contributed by atoms with Crippen molar-refractivity contribution in [1.29, 1.82) is 0 Å². The number of hydroxylamine groups is 1. The number of methoxy groups -OCH3 is 4. The van der Waals surface area contributed by atoms with Crippen molar-refractivity contribution in [2.45, 2.75) is 0 Å². The van der Waals surface area contributed by atoms with E-state index in [9.17, 15) is 4.79 Å². The van der Waals surface area contributed by atoms with Gasteiger partial charge in [-0.2, -0.15) is 5.06 Å². The summed E-state index contributed by atoms with van der Waals surface area (Å²) >= 11 is 0. The Balaban J connectivity index is 1.98. The summed E-state index contributed by atoms with van der Waals surface area (Å²) in [5.74, 6) is 1.42. The molecule has 11 nitrogen and oxygen atoms in total. The number of nitrogens with zero attached hydrogens (tertiary/aromatic N) is 4. The molecule has 0 fully saturated rings. The Morgan fingerprint density at radius 2 is 1.70 bits per heavy atom. The zero-order valence-corrected chi connectivity index (χ0v) is 19.1. The molecule has 2 aromatic carbocycles. The van der Waals surface area contributed by atoms with Crippen LogP contribution in [0.2, 0.25) is 0 Å². The van der Waals surface area contributed by atoms with Crippen molar-refractivity contribution >= 4 is 11.8 Å².